The first-order chi connectivity index (χ1) is 19.9. The number of halogens is 1. The van der Waals surface area contributed by atoms with Crippen LogP contribution < -0.4 is 5.32 Å². The van der Waals surface area contributed by atoms with Crippen molar-refractivity contribution in [3.63, 3.8) is 0 Å². The molecule has 2 aromatic carbocycles. The Balaban J connectivity index is 1.41. The Bertz CT molecular complexity index is 1510. The van der Waals surface area contributed by atoms with Crippen molar-refractivity contribution in [3.05, 3.63) is 70.5 Å². The van der Waals surface area contributed by atoms with E-state index >= 15 is 0 Å². The summed E-state index contributed by atoms with van der Waals surface area (Å²) >= 11 is 6.00. The monoisotopic (exact) mass is 575 g/mol. The lowest BCUT2D eigenvalue weighted by atomic mass is 10.0. The van der Waals surface area contributed by atoms with Gasteiger partial charge in [-0.05, 0) is 54.3 Å². The maximum Gasteiger partial charge on any atom is 0.410 e. The lowest BCUT2D eigenvalue weighted by molar-refractivity contribution is -0.126. The van der Waals surface area contributed by atoms with Crippen LogP contribution in [0.2, 0.25) is 5.02 Å². The molecule has 1 saturated heterocycles. The molecule has 2 N–H and O–H groups in total. The molecular formula is C29H26ClN5O6. The third-order valence-corrected chi connectivity index (χ3v) is 7.03. The summed E-state index contributed by atoms with van der Waals surface area (Å²) in [4.78, 5) is 59.2. The van der Waals surface area contributed by atoms with Gasteiger partial charge in [0.2, 0.25) is 0 Å². The number of phenolic OH excluding ortho intramolecular Hbond substituents is 1. The molecule has 2 aromatic rings. The van der Waals surface area contributed by atoms with E-state index < -0.39 is 18.1 Å². The predicted molar refractivity (Wildman–Crippen MR) is 151 cm³/mol. The Morgan fingerprint density at radius 3 is 2.71 bits per heavy atom. The number of rotatable bonds is 6. The fraction of sp³-hybridized carbons (Fsp3) is 0.310. The molecule has 0 spiro atoms. The van der Waals surface area contributed by atoms with Crippen molar-refractivity contribution in [2.24, 2.45) is 9.98 Å². The van der Waals surface area contributed by atoms with E-state index in [0.717, 1.165) is 23.9 Å². The Hall–Kier alpha value is -4.87. The first-order valence-corrected chi connectivity index (χ1v) is 13.2. The van der Waals surface area contributed by atoms with Crippen molar-refractivity contribution >= 4 is 53.0 Å². The number of hydrogen-bond acceptors (Lipinski definition) is 7. The Labute approximate surface area is 240 Å². The van der Waals surface area contributed by atoms with Gasteiger partial charge in [-0.3, -0.25) is 4.79 Å². The highest BCUT2D eigenvalue weighted by atomic mass is 35.5. The average molecular weight is 576 g/mol. The Morgan fingerprint density at radius 2 is 1.95 bits per heavy atom. The molecule has 41 heavy (non-hydrogen) atoms. The summed E-state index contributed by atoms with van der Waals surface area (Å²) in [6.07, 6.45) is 0.760. The summed E-state index contributed by atoms with van der Waals surface area (Å²) in [6.45, 7) is 1.24. The van der Waals surface area contributed by atoms with Gasteiger partial charge in [-0.2, -0.15) is 9.98 Å². The quantitative estimate of drug-likeness (QED) is 0.306. The molecule has 4 amide bonds. The van der Waals surface area contributed by atoms with Gasteiger partial charge >= 0.3 is 12.1 Å². The standard InChI is InChI=1S/C29H26ClN5O6/c30-23-18-20(6-7-25(23)37)19-26(27(38)32-12-3-11-31-13-17-36)41-29(40)34-14-9-22(10-15-34)35-16-8-21-4-1-2-5-24(21)33-28(35)39/h1-2,4-7,11,18,22,26,37H,8-10,14-16,19H2,(H,33,39)/t26-/m1/s1. The highest BCUT2D eigenvalue weighted by Gasteiger charge is 2.33. The number of phenols is 1. The molecule has 2 aliphatic heterocycles. The van der Waals surface area contributed by atoms with Gasteiger partial charge < -0.3 is 25.0 Å². The lowest BCUT2D eigenvalue weighted by Crippen LogP contribution is -2.50. The van der Waals surface area contributed by atoms with E-state index in [4.69, 9.17) is 16.3 Å². The summed E-state index contributed by atoms with van der Waals surface area (Å²) in [5.74, 6) is 4.52. The minimum atomic E-state index is -1.32. The van der Waals surface area contributed by atoms with Crippen LogP contribution in [0.5, 0.6) is 5.75 Å². The van der Waals surface area contributed by atoms with Gasteiger partial charge in [0.1, 0.15) is 5.75 Å². The number of carbonyl (C=O) groups excluding carboxylic acids is 4. The van der Waals surface area contributed by atoms with Crippen LogP contribution >= 0.6 is 11.6 Å². The average Bonchev–Trinajstić information content (AvgIpc) is 3.14. The zero-order valence-corrected chi connectivity index (χ0v) is 22.6. The molecule has 11 nitrogen and oxygen atoms in total. The molecule has 1 fully saturated rings. The molecule has 210 valence electrons. The van der Waals surface area contributed by atoms with E-state index in [1.807, 2.05) is 35.0 Å². The van der Waals surface area contributed by atoms with Crippen LogP contribution in [0.4, 0.5) is 15.3 Å². The second kappa shape index (κ2) is 14.0. The van der Waals surface area contributed by atoms with E-state index in [1.54, 1.807) is 6.07 Å². The maximum absolute atomic E-state index is 13.1. The third kappa shape index (κ3) is 7.84. The van der Waals surface area contributed by atoms with E-state index in [9.17, 15) is 24.3 Å². The second-order valence-electron chi connectivity index (χ2n) is 9.29. The van der Waals surface area contributed by atoms with Gasteiger partial charge in [0, 0.05) is 43.7 Å². The number of urea groups is 1. The minimum Gasteiger partial charge on any atom is -0.506 e. The van der Waals surface area contributed by atoms with Crippen LogP contribution in [0.1, 0.15) is 24.0 Å². The number of para-hydroxylation sites is 1. The van der Waals surface area contributed by atoms with Crippen molar-refractivity contribution in [3.8, 4) is 5.75 Å². The minimum absolute atomic E-state index is 0.0526. The molecule has 0 bridgehead atoms. The number of nitrogens with zero attached hydrogens (tertiary/aromatic N) is 4. The molecule has 0 unspecified atom stereocenters. The molecule has 2 aliphatic rings. The summed E-state index contributed by atoms with van der Waals surface area (Å²) < 4.78 is 5.57. The number of aliphatic imine (C=N–C) groups is 2. The van der Waals surface area contributed by atoms with Gasteiger partial charge in [-0.15, -0.1) is 0 Å². The highest BCUT2D eigenvalue weighted by Crippen LogP contribution is 2.26. The zero-order valence-electron chi connectivity index (χ0n) is 21.9. The number of piperidine rings is 1. The molecule has 0 aliphatic carbocycles. The van der Waals surface area contributed by atoms with Crippen LogP contribution in [0, 0.1) is 0 Å². The van der Waals surface area contributed by atoms with Crippen LogP contribution in [-0.4, -0.2) is 82.4 Å². The molecule has 0 saturated carbocycles. The van der Waals surface area contributed by atoms with E-state index in [2.05, 4.69) is 26.9 Å². The molecular weight excluding hydrogens is 550 g/mol. The number of likely N-dealkylation sites (tertiary alicyclic amines) is 1. The normalized spacial score (nSPS) is 15.4. The number of amides is 4. The van der Waals surface area contributed by atoms with Gasteiger partial charge in [-0.25, -0.2) is 14.4 Å². The van der Waals surface area contributed by atoms with Crippen LogP contribution in [0.3, 0.4) is 0 Å². The number of hydrogen-bond donors (Lipinski definition) is 2. The van der Waals surface area contributed by atoms with E-state index in [-0.39, 0.29) is 29.3 Å². The van der Waals surface area contributed by atoms with Gasteiger partial charge in [0.15, 0.2) is 12.0 Å². The molecule has 4 rings (SSSR count). The number of nitrogens with one attached hydrogen (secondary N) is 1. The van der Waals surface area contributed by atoms with E-state index in [0.29, 0.717) is 38.0 Å². The Morgan fingerprint density at radius 1 is 1.17 bits per heavy atom. The molecule has 0 radical (unpaired) electrons. The first-order valence-electron chi connectivity index (χ1n) is 12.8. The maximum atomic E-state index is 13.1. The smallest absolute Gasteiger partial charge is 0.410 e. The summed E-state index contributed by atoms with van der Waals surface area (Å²) in [5.41, 5.74) is 4.76. The van der Waals surface area contributed by atoms with Crippen LogP contribution in [0.15, 0.2) is 64.4 Å². The highest BCUT2D eigenvalue weighted by molar-refractivity contribution is 6.32. The fourth-order valence-corrected chi connectivity index (χ4v) is 4.85. The number of fused-ring (bicyclic) bond motifs is 1. The van der Waals surface area contributed by atoms with Gasteiger partial charge in [0.05, 0.1) is 17.1 Å². The molecule has 1 atom stereocenters. The number of anilines is 1. The number of ether oxygens (including phenoxy) is 1. The van der Waals surface area contributed by atoms with E-state index in [1.165, 1.54) is 23.0 Å². The second-order valence-corrected chi connectivity index (χ2v) is 9.70. The number of carbonyl (C=O) groups is 3. The summed E-state index contributed by atoms with van der Waals surface area (Å²) in [7, 11) is 0. The van der Waals surface area contributed by atoms with Crippen LogP contribution in [-0.2, 0) is 27.2 Å². The van der Waals surface area contributed by atoms with Crippen LogP contribution in [0.25, 0.3) is 0 Å². The Kier molecular flexibility index (Phi) is 9.92. The predicted octanol–water partition coefficient (Wildman–Crippen LogP) is 3.57. The molecule has 2 heterocycles. The van der Waals surface area contributed by atoms with Crippen molar-refractivity contribution < 1.29 is 29.0 Å². The number of aromatic hydroxyl groups is 1. The fourth-order valence-electron chi connectivity index (χ4n) is 4.64. The first kappa shape index (κ1) is 29.1. The third-order valence-electron chi connectivity index (χ3n) is 6.73. The number of benzene rings is 2. The summed E-state index contributed by atoms with van der Waals surface area (Å²) in [5, 5.41) is 12.8. The van der Waals surface area contributed by atoms with Crippen molar-refractivity contribution in [1.82, 2.24) is 9.80 Å². The summed E-state index contributed by atoms with van der Waals surface area (Å²) in [6, 6.07) is 11.9. The van der Waals surface area contributed by atoms with Crippen molar-refractivity contribution in [2.75, 3.05) is 25.0 Å². The molecule has 12 heteroatoms. The lowest BCUT2D eigenvalue weighted by Gasteiger charge is -2.37. The molecule has 0 aromatic heterocycles. The van der Waals surface area contributed by atoms with Crippen molar-refractivity contribution in [1.29, 1.82) is 0 Å². The SMILES string of the molecule is O=C=C=NC=C=C=NC(=O)[C@@H](Cc1ccc(O)c(Cl)c1)OC(=O)N1CCC(N2CCc3ccccc3NC2=O)CC1. The largest absolute Gasteiger partial charge is 0.506 e. The van der Waals surface area contributed by atoms with Crippen molar-refractivity contribution in [2.45, 2.75) is 37.8 Å². The van der Waals surface area contributed by atoms with Gasteiger partial charge in [0.25, 0.3) is 5.91 Å². The van der Waals surface area contributed by atoms with Gasteiger partial charge in [-0.1, -0.05) is 35.9 Å². The topological polar surface area (TPSA) is 141 Å². The zero-order chi connectivity index (χ0) is 29.2.